The van der Waals surface area contributed by atoms with Gasteiger partial charge in [0.1, 0.15) is 5.54 Å². The topological polar surface area (TPSA) is 49.4 Å². The van der Waals surface area contributed by atoms with E-state index < -0.39 is 11.6 Å². The average Bonchev–Trinajstić information content (AvgIpc) is 2.50. The largest absolute Gasteiger partial charge is 0.329 e. The van der Waals surface area contributed by atoms with Crippen molar-refractivity contribution in [3.8, 4) is 0 Å². The van der Waals surface area contributed by atoms with Crippen molar-refractivity contribution in [3.05, 3.63) is 29.3 Å². The summed E-state index contributed by atoms with van der Waals surface area (Å²) in [5, 5.41) is 3.19. The van der Waals surface area contributed by atoms with Crippen LogP contribution in [0.4, 0.5) is 10.5 Å². The minimum absolute atomic E-state index is 0.243. The van der Waals surface area contributed by atoms with E-state index in [4.69, 9.17) is 11.6 Å². The van der Waals surface area contributed by atoms with Gasteiger partial charge in [0.25, 0.3) is 5.91 Å². The molecular formula is C12H13ClN2O2. The van der Waals surface area contributed by atoms with Gasteiger partial charge in [-0.05, 0) is 31.5 Å². The second kappa shape index (κ2) is 4.04. The highest BCUT2D eigenvalue weighted by Crippen LogP contribution is 2.28. The Labute approximate surface area is 105 Å². The number of halogens is 1. The molecule has 1 heterocycles. The van der Waals surface area contributed by atoms with E-state index in [1.54, 1.807) is 31.2 Å². The molecular weight excluding hydrogens is 240 g/mol. The molecule has 1 atom stereocenters. The van der Waals surface area contributed by atoms with Crippen LogP contribution < -0.4 is 10.2 Å². The zero-order valence-corrected chi connectivity index (χ0v) is 10.4. The quantitative estimate of drug-likeness (QED) is 0.823. The number of imide groups is 1. The first-order valence-electron chi connectivity index (χ1n) is 5.40. The van der Waals surface area contributed by atoms with Gasteiger partial charge in [-0.3, -0.25) is 4.79 Å². The van der Waals surface area contributed by atoms with Gasteiger partial charge in [-0.1, -0.05) is 24.6 Å². The highest BCUT2D eigenvalue weighted by Gasteiger charge is 2.47. The third-order valence-electron chi connectivity index (χ3n) is 3.03. The first kappa shape index (κ1) is 11.9. The van der Waals surface area contributed by atoms with Gasteiger partial charge in [0.05, 0.1) is 5.69 Å². The second-order valence-electron chi connectivity index (χ2n) is 4.24. The van der Waals surface area contributed by atoms with Crippen LogP contribution in [-0.4, -0.2) is 17.5 Å². The lowest BCUT2D eigenvalue weighted by Gasteiger charge is -2.19. The van der Waals surface area contributed by atoms with Gasteiger partial charge in [0, 0.05) is 5.02 Å². The van der Waals surface area contributed by atoms with E-state index in [0.717, 1.165) is 4.90 Å². The van der Waals surface area contributed by atoms with Gasteiger partial charge in [0.15, 0.2) is 0 Å². The lowest BCUT2D eigenvalue weighted by molar-refractivity contribution is -0.121. The molecule has 1 saturated heterocycles. The maximum atomic E-state index is 12.2. The summed E-state index contributed by atoms with van der Waals surface area (Å²) < 4.78 is 0. The van der Waals surface area contributed by atoms with Crippen LogP contribution in [0.1, 0.15) is 20.3 Å². The number of nitrogens with zero attached hydrogens (tertiary/aromatic N) is 1. The summed E-state index contributed by atoms with van der Waals surface area (Å²) >= 11 is 5.85. The van der Waals surface area contributed by atoms with E-state index in [9.17, 15) is 9.59 Å². The predicted molar refractivity (Wildman–Crippen MR) is 66.2 cm³/mol. The summed E-state index contributed by atoms with van der Waals surface area (Å²) in [6.07, 6.45) is 0.550. The normalized spacial score (nSPS) is 24.1. The average molecular weight is 253 g/mol. The molecule has 2 rings (SSSR count). The molecule has 1 N–H and O–H groups in total. The fourth-order valence-electron chi connectivity index (χ4n) is 1.77. The van der Waals surface area contributed by atoms with E-state index >= 15 is 0 Å². The predicted octanol–water partition coefficient (Wildman–Crippen LogP) is 2.56. The van der Waals surface area contributed by atoms with Crippen LogP contribution in [0.15, 0.2) is 24.3 Å². The number of hydrogen-bond acceptors (Lipinski definition) is 2. The molecule has 1 fully saturated rings. The third kappa shape index (κ3) is 1.89. The highest BCUT2D eigenvalue weighted by atomic mass is 35.5. The van der Waals surface area contributed by atoms with Gasteiger partial charge in [-0.15, -0.1) is 0 Å². The summed E-state index contributed by atoms with van der Waals surface area (Å²) in [5.41, 5.74) is -0.323. The Kier molecular flexibility index (Phi) is 2.83. The second-order valence-corrected chi connectivity index (χ2v) is 4.67. The molecule has 1 aromatic rings. The zero-order chi connectivity index (χ0) is 12.6. The van der Waals surface area contributed by atoms with Crippen molar-refractivity contribution in [1.82, 2.24) is 5.32 Å². The molecule has 0 aliphatic carbocycles. The molecule has 0 spiro atoms. The molecule has 1 unspecified atom stereocenters. The number of hydrogen-bond donors (Lipinski definition) is 1. The smallest absolute Gasteiger partial charge is 0.323 e. The fraction of sp³-hybridized carbons (Fsp3) is 0.333. The number of benzene rings is 1. The van der Waals surface area contributed by atoms with Crippen LogP contribution in [0.2, 0.25) is 5.02 Å². The molecule has 1 aliphatic rings. The Hall–Kier alpha value is -1.55. The number of urea groups is 1. The van der Waals surface area contributed by atoms with Crippen molar-refractivity contribution < 1.29 is 9.59 Å². The zero-order valence-electron chi connectivity index (χ0n) is 9.66. The van der Waals surface area contributed by atoms with Gasteiger partial charge < -0.3 is 5.32 Å². The summed E-state index contributed by atoms with van der Waals surface area (Å²) in [7, 11) is 0. The van der Waals surface area contributed by atoms with Crippen molar-refractivity contribution in [2.45, 2.75) is 25.8 Å². The molecule has 1 aliphatic heterocycles. The minimum atomic E-state index is -0.820. The van der Waals surface area contributed by atoms with Crippen LogP contribution >= 0.6 is 11.6 Å². The van der Waals surface area contributed by atoms with E-state index in [2.05, 4.69) is 5.32 Å². The molecule has 5 heteroatoms. The Morgan fingerprint density at radius 3 is 2.65 bits per heavy atom. The van der Waals surface area contributed by atoms with E-state index in [1.165, 1.54) is 0 Å². The van der Waals surface area contributed by atoms with Crippen LogP contribution in [0, 0.1) is 0 Å². The molecule has 4 nitrogen and oxygen atoms in total. The molecule has 0 radical (unpaired) electrons. The molecule has 17 heavy (non-hydrogen) atoms. The Bertz CT molecular complexity index is 489. The highest BCUT2D eigenvalue weighted by molar-refractivity contribution is 6.31. The molecule has 90 valence electrons. The maximum absolute atomic E-state index is 12.2. The maximum Gasteiger partial charge on any atom is 0.329 e. The third-order valence-corrected chi connectivity index (χ3v) is 3.27. The summed E-state index contributed by atoms with van der Waals surface area (Å²) in [6, 6.07) is 6.29. The number of amides is 3. The number of anilines is 1. The SMILES string of the molecule is CCC1(C)NC(=O)N(c2cccc(Cl)c2)C1=O. The Balaban J connectivity index is 2.41. The number of carbonyl (C=O) groups is 2. The molecule has 1 aromatic carbocycles. The first-order chi connectivity index (χ1) is 7.98. The van der Waals surface area contributed by atoms with Crippen molar-refractivity contribution >= 4 is 29.2 Å². The van der Waals surface area contributed by atoms with E-state index in [1.807, 2.05) is 6.92 Å². The monoisotopic (exact) mass is 252 g/mol. The van der Waals surface area contributed by atoms with Gasteiger partial charge in [-0.2, -0.15) is 0 Å². The van der Waals surface area contributed by atoms with E-state index in [-0.39, 0.29) is 5.91 Å². The van der Waals surface area contributed by atoms with Crippen LogP contribution in [0.5, 0.6) is 0 Å². The minimum Gasteiger partial charge on any atom is -0.323 e. The van der Waals surface area contributed by atoms with Crippen molar-refractivity contribution in [3.63, 3.8) is 0 Å². The number of carbonyl (C=O) groups excluding carboxylic acids is 2. The first-order valence-corrected chi connectivity index (χ1v) is 5.78. The van der Waals surface area contributed by atoms with E-state index in [0.29, 0.717) is 17.1 Å². The fourth-order valence-corrected chi connectivity index (χ4v) is 1.96. The van der Waals surface area contributed by atoms with Crippen LogP contribution in [-0.2, 0) is 4.79 Å². The van der Waals surface area contributed by atoms with Gasteiger partial charge >= 0.3 is 6.03 Å². The van der Waals surface area contributed by atoms with Crippen LogP contribution in [0.25, 0.3) is 0 Å². The van der Waals surface area contributed by atoms with Crippen molar-refractivity contribution in [1.29, 1.82) is 0 Å². The van der Waals surface area contributed by atoms with Crippen molar-refractivity contribution in [2.24, 2.45) is 0 Å². The van der Waals surface area contributed by atoms with Gasteiger partial charge in [0.2, 0.25) is 0 Å². The molecule has 0 aromatic heterocycles. The molecule has 3 amide bonds. The summed E-state index contributed by atoms with van der Waals surface area (Å²) in [6.45, 7) is 3.58. The number of nitrogens with one attached hydrogen (secondary N) is 1. The lowest BCUT2D eigenvalue weighted by atomic mass is 9.99. The Morgan fingerprint density at radius 1 is 1.41 bits per heavy atom. The van der Waals surface area contributed by atoms with Gasteiger partial charge in [-0.25, -0.2) is 9.69 Å². The summed E-state index contributed by atoms with van der Waals surface area (Å²) in [5.74, 6) is -0.243. The van der Waals surface area contributed by atoms with Crippen molar-refractivity contribution in [2.75, 3.05) is 4.90 Å². The molecule has 0 saturated carbocycles. The van der Waals surface area contributed by atoms with Crippen LogP contribution in [0.3, 0.4) is 0 Å². The standard InChI is InChI=1S/C12H13ClN2O2/c1-3-12(2)10(16)15(11(17)14-12)9-6-4-5-8(13)7-9/h4-7H,3H2,1-2H3,(H,14,17). The number of rotatable bonds is 2. The molecule has 0 bridgehead atoms. The lowest BCUT2D eigenvalue weighted by Crippen LogP contribution is -2.43. The Morgan fingerprint density at radius 2 is 2.12 bits per heavy atom. The summed E-state index contributed by atoms with van der Waals surface area (Å²) in [4.78, 5) is 25.1.